The Balaban J connectivity index is 3.45. The van der Waals surface area contributed by atoms with Gasteiger partial charge in [0, 0.05) is 6.54 Å². The lowest BCUT2D eigenvalue weighted by atomic mass is 9.95. The van der Waals surface area contributed by atoms with Crippen molar-refractivity contribution in [2.45, 2.75) is 97.3 Å². The third kappa shape index (κ3) is 7.91. The van der Waals surface area contributed by atoms with E-state index in [2.05, 4.69) is 5.32 Å². The van der Waals surface area contributed by atoms with E-state index in [1.165, 1.54) is 20.8 Å². The molecule has 0 radical (unpaired) electrons. The van der Waals surface area contributed by atoms with E-state index in [9.17, 15) is 37.1 Å². The summed E-state index contributed by atoms with van der Waals surface area (Å²) < 4.78 is 45.4. The van der Waals surface area contributed by atoms with Crippen LogP contribution in [0.25, 0.3) is 0 Å². The molecule has 1 aliphatic heterocycles. The molecule has 0 aromatic carbocycles. The average molecular weight is 509 g/mol. The lowest BCUT2D eigenvalue weighted by Gasteiger charge is -2.37. The van der Waals surface area contributed by atoms with Crippen LogP contribution in [-0.4, -0.2) is 81.9 Å². The Kier molecular flexibility index (Phi) is 9.84. The van der Waals surface area contributed by atoms with Gasteiger partial charge in [-0.25, -0.2) is 4.79 Å². The first-order valence-corrected chi connectivity index (χ1v) is 11.3. The van der Waals surface area contributed by atoms with Gasteiger partial charge in [-0.1, -0.05) is 13.8 Å². The molecule has 1 unspecified atom stereocenters. The van der Waals surface area contributed by atoms with Gasteiger partial charge in [0.15, 0.2) is 0 Å². The number of carbonyl (C=O) groups is 5. The molecule has 3 N–H and O–H groups in total. The lowest BCUT2D eigenvalue weighted by molar-refractivity contribution is -0.182. The summed E-state index contributed by atoms with van der Waals surface area (Å²) in [6.07, 6.45) is -5.96. The number of nitrogens with two attached hydrogens (primary N) is 1. The minimum Gasteiger partial charge on any atom is -0.444 e. The highest BCUT2D eigenvalue weighted by Gasteiger charge is 2.52. The Morgan fingerprint density at radius 1 is 1.06 bits per heavy atom. The van der Waals surface area contributed by atoms with E-state index in [1.807, 2.05) is 0 Å². The summed E-state index contributed by atoms with van der Waals surface area (Å²) in [5, 5.41) is 2.19. The zero-order chi connectivity index (χ0) is 27.5. The Morgan fingerprint density at radius 3 is 2.03 bits per heavy atom. The Labute approximate surface area is 202 Å². The smallest absolute Gasteiger partial charge is 0.444 e. The van der Waals surface area contributed by atoms with Crippen molar-refractivity contribution < 1.29 is 41.9 Å². The summed E-state index contributed by atoms with van der Waals surface area (Å²) >= 11 is 0. The van der Waals surface area contributed by atoms with Gasteiger partial charge in [0.25, 0.3) is 17.6 Å². The van der Waals surface area contributed by atoms with Crippen LogP contribution in [0.3, 0.4) is 0 Å². The molecular weight excluding hydrogens is 473 g/mol. The first-order chi connectivity index (χ1) is 15.8. The normalized spacial score (nSPS) is 19.1. The number of amides is 4. The zero-order valence-electron chi connectivity index (χ0n) is 21.1. The Morgan fingerprint density at radius 2 is 1.60 bits per heavy atom. The number of carbonyl (C=O) groups excluding carboxylic acids is 5. The van der Waals surface area contributed by atoms with E-state index >= 15 is 0 Å². The van der Waals surface area contributed by atoms with Crippen molar-refractivity contribution in [2.75, 3.05) is 6.54 Å². The van der Waals surface area contributed by atoms with Crippen molar-refractivity contribution in [1.29, 1.82) is 0 Å². The highest BCUT2D eigenvalue weighted by atomic mass is 19.4. The standard InChI is InChI=1S/C22H35F3N4O6/c1-11(2)15(16(30)22(23,24)25)29(18(32)13(4)27-20(34)35-21(5,6)7)19(33)14-9-8-10-28(14)17(31)12(3)26/h11-15H,8-10,26H2,1-7H3,(H,27,34)/t12-,13-,14-,15?/m0/s1. The summed E-state index contributed by atoms with van der Waals surface area (Å²) in [6.45, 7) is 9.87. The van der Waals surface area contributed by atoms with Crippen LogP contribution in [0.1, 0.15) is 61.3 Å². The van der Waals surface area contributed by atoms with Crippen LogP contribution in [0.2, 0.25) is 0 Å². The Hall–Kier alpha value is -2.70. The van der Waals surface area contributed by atoms with Crippen LogP contribution in [-0.2, 0) is 23.9 Å². The predicted octanol–water partition coefficient (Wildman–Crippen LogP) is 1.75. The van der Waals surface area contributed by atoms with Crippen LogP contribution in [0.15, 0.2) is 0 Å². The van der Waals surface area contributed by atoms with Gasteiger partial charge in [0.05, 0.1) is 6.04 Å². The monoisotopic (exact) mass is 508 g/mol. The molecular formula is C22H35F3N4O6. The van der Waals surface area contributed by atoms with Crippen molar-refractivity contribution in [3.8, 4) is 0 Å². The number of hydrogen-bond acceptors (Lipinski definition) is 7. The molecule has 1 fully saturated rings. The van der Waals surface area contributed by atoms with Crippen molar-refractivity contribution in [3.05, 3.63) is 0 Å². The predicted molar refractivity (Wildman–Crippen MR) is 119 cm³/mol. The first-order valence-electron chi connectivity index (χ1n) is 11.3. The number of ether oxygens (including phenoxy) is 1. The first kappa shape index (κ1) is 30.3. The average Bonchev–Trinajstić information content (AvgIpc) is 3.16. The van der Waals surface area contributed by atoms with Crippen LogP contribution < -0.4 is 11.1 Å². The number of nitrogens with one attached hydrogen (secondary N) is 1. The van der Waals surface area contributed by atoms with E-state index < -0.39 is 71.5 Å². The third-order valence-corrected chi connectivity index (χ3v) is 5.25. The second-order valence-electron chi connectivity index (χ2n) is 9.94. The number of rotatable bonds is 7. The molecule has 4 amide bonds. The van der Waals surface area contributed by atoms with Gasteiger partial charge in [-0.05, 0) is 53.4 Å². The van der Waals surface area contributed by atoms with E-state index in [0.29, 0.717) is 6.42 Å². The van der Waals surface area contributed by atoms with E-state index in [-0.39, 0.29) is 17.9 Å². The molecule has 200 valence electrons. The molecule has 1 rings (SSSR count). The number of imide groups is 1. The summed E-state index contributed by atoms with van der Waals surface area (Å²) in [7, 11) is 0. The maximum atomic E-state index is 13.5. The van der Waals surface area contributed by atoms with Gasteiger partial charge < -0.3 is 20.7 Å². The van der Waals surface area contributed by atoms with E-state index in [0.717, 1.165) is 11.8 Å². The van der Waals surface area contributed by atoms with Crippen LogP contribution in [0.4, 0.5) is 18.0 Å². The molecule has 1 heterocycles. The second-order valence-corrected chi connectivity index (χ2v) is 9.94. The SMILES string of the molecule is CC(C)C(C(=O)C(F)(F)F)N(C(=O)[C@H](C)NC(=O)OC(C)(C)C)C(=O)[C@@H]1CCCN1C(=O)[C@H](C)N. The maximum absolute atomic E-state index is 13.5. The molecule has 0 spiro atoms. The van der Waals surface area contributed by atoms with Crippen molar-refractivity contribution >= 4 is 29.6 Å². The fourth-order valence-electron chi connectivity index (χ4n) is 3.73. The van der Waals surface area contributed by atoms with Gasteiger partial charge in [-0.3, -0.25) is 24.1 Å². The van der Waals surface area contributed by atoms with Crippen LogP contribution in [0, 0.1) is 5.92 Å². The Bertz CT molecular complexity index is 838. The van der Waals surface area contributed by atoms with Gasteiger partial charge in [-0.15, -0.1) is 0 Å². The van der Waals surface area contributed by atoms with Crippen LogP contribution in [0.5, 0.6) is 0 Å². The largest absolute Gasteiger partial charge is 0.452 e. The summed E-state index contributed by atoms with van der Waals surface area (Å²) in [5.41, 5.74) is 4.70. The molecule has 0 aliphatic carbocycles. The lowest BCUT2D eigenvalue weighted by Crippen LogP contribution is -2.62. The molecule has 0 bridgehead atoms. The van der Waals surface area contributed by atoms with Crippen molar-refractivity contribution in [3.63, 3.8) is 0 Å². The van der Waals surface area contributed by atoms with Crippen molar-refractivity contribution in [2.24, 2.45) is 11.7 Å². The summed E-state index contributed by atoms with van der Waals surface area (Å²) in [5.74, 6) is -6.41. The molecule has 4 atom stereocenters. The van der Waals surface area contributed by atoms with E-state index in [1.54, 1.807) is 20.8 Å². The van der Waals surface area contributed by atoms with E-state index in [4.69, 9.17) is 10.5 Å². The molecule has 10 nitrogen and oxygen atoms in total. The third-order valence-electron chi connectivity index (χ3n) is 5.25. The fraction of sp³-hybridized carbons (Fsp3) is 0.773. The number of hydrogen-bond donors (Lipinski definition) is 2. The number of Topliss-reactive ketones (excluding diaryl/α,β-unsaturated/α-hetero) is 1. The van der Waals surface area contributed by atoms with Crippen LogP contribution >= 0.6 is 0 Å². The molecule has 0 aromatic heterocycles. The molecule has 1 aliphatic rings. The highest BCUT2D eigenvalue weighted by molar-refractivity contribution is 6.06. The zero-order valence-corrected chi connectivity index (χ0v) is 21.1. The summed E-state index contributed by atoms with van der Waals surface area (Å²) in [4.78, 5) is 65.1. The van der Waals surface area contributed by atoms with Gasteiger partial charge >= 0.3 is 12.3 Å². The number of likely N-dealkylation sites (tertiary alicyclic amines) is 1. The van der Waals surface area contributed by atoms with Gasteiger partial charge in [0.2, 0.25) is 5.91 Å². The maximum Gasteiger partial charge on any atom is 0.452 e. The topological polar surface area (TPSA) is 139 Å². The fourth-order valence-corrected chi connectivity index (χ4v) is 3.73. The minimum absolute atomic E-state index is 0.0694. The highest BCUT2D eigenvalue weighted by Crippen LogP contribution is 2.28. The number of alkyl halides is 3. The number of ketones is 1. The quantitative estimate of drug-likeness (QED) is 0.534. The minimum atomic E-state index is -5.34. The number of nitrogens with zero attached hydrogens (tertiary/aromatic N) is 2. The molecule has 0 saturated carbocycles. The molecule has 0 aromatic rings. The number of alkyl carbamates (subject to hydrolysis) is 1. The van der Waals surface area contributed by atoms with Crippen molar-refractivity contribution in [1.82, 2.24) is 15.1 Å². The second kappa shape index (κ2) is 11.4. The molecule has 13 heteroatoms. The molecule has 1 saturated heterocycles. The summed E-state index contributed by atoms with van der Waals surface area (Å²) in [6, 6.07) is -5.99. The van der Waals surface area contributed by atoms with Gasteiger partial charge in [0.1, 0.15) is 23.7 Å². The number of halogens is 3. The molecule has 35 heavy (non-hydrogen) atoms. The van der Waals surface area contributed by atoms with Gasteiger partial charge in [-0.2, -0.15) is 13.2 Å².